The predicted molar refractivity (Wildman–Crippen MR) is 86.6 cm³/mol. The van der Waals surface area contributed by atoms with E-state index >= 15 is 0 Å². The maximum Gasteiger partial charge on any atom is 0.417 e. The van der Waals surface area contributed by atoms with E-state index in [1.165, 1.54) is 7.05 Å². The molecule has 1 amide bonds. The maximum absolute atomic E-state index is 13.1. The summed E-state index contributed by atoms with van der Waals surface area (Å²) in [6.07, 6.45) is -2.76. The van der Waals surface area contributed by atoms with Gasteiger partial charge in [0.2, 0.25) is 0 Å². The monoisotopic (exact) mass is 371 g/mol. The third kappa shape index (κ3) is 2.83. The van der Waals surface area contributed by atoms with Crippen molar-refractivity contribution in [1.29, 1.82) is 0 Å². The number of pyridine rings is 1. The third-order valence-corrected chi connectivity index (χ3v) is 4.52. The predicted octanol–water partition coefficient (Wildman–Crippen LogP) is 4.64. The minimum Gasteiger partial charge on any atom is -0.294 e. The molecule has 0 unspecified atom stereocenters. The summed E-state index contributed by atoms with van der Waals surface area (Å²) >= 11 is 7.25. The molecule has 0 bridgehead atoms. The fourth-order valence-corrected chi connectivity index (χ4v) is 3.40. The van der Waals surface area contributed by atoms with Crippen LogP contribution in [-0.4, -0.2) is 22.3 Å². The van der Waals surface area contributed by atoms with Gasteiger partial charge in [-0.1, -0.05) is 17.7 Å². The summed E-state index contributed by atoms with van der Waals surface area (Å²) in [6, 6.07) is 5.90. The SMILES string of the molecule is CN(C(=O)c1cnccc1C(F)(F)F)c1nsc2cccc(Cl)c12. The fourth-order valence-electron chi connectivity index (χ4n) is 2.25. The van der Waals surface area contributed by atoms with Gasteiger partial charge < -0.3 is 0 Å². The van der Waals surface area contributed by atoms with Crippen molar-refractivity contribution in [3.8, 4) is 0 Å². The van der Waals surface area contributed by atoms with Crippen LogP contribution in [0, 0.1) is 0 Å². The average molecular weight is 372 g/mol. The number of anilines is 1. The minimum atomic E-state index is -4.66. The molecule has 0 saturated heterocycles. The van der Waals surface area contributed by atoms with Crippen LogP contribution in [-0.2, 0) is 6.18 Å². The molecule has 3 aromatic rings. The number of aromatic nitrogens is 2. The summed E-state index contributed by atoms with van der Waals surface area (Å²) in [7, 11) is 1.35. The van der Waals surface area contributed by atoms with E-state index in [0.717, 1.165) is 39.6 Å². The number of rotatable bonds is 2. The summed E-state index contributed by atoms with van der Waals surface area (Å²) in [6.45, 7) is 0. The molecule has 0 atom stereocenters. The van der Waals surface area contributed by atoms with Gasteiger partial charge in [0.05, 0.1) is 26.2 Å². The normalized spacial score (nSPS) is 11.7. The molecule has 1 aromatic carbocycles. The largest absolute Gasteiger partial charge is 0.417 e. The number of amides is 1. The Hall–Kier alpha value is -2.19. The van der Waals surface area contributed by atoms with Crippen molar-refractivity contribution in [2.45, 2.75) is 6.18 Å². The molecule has 24 heavy (non-hydrogen) atoms. The number of hydrogen-bond acceptors (Lipinski definition) is 4. The van der Waals surface area contributed by atoms with Gasteiger partial charge in [0, 0.05) is 19.4 Å². The van der Waals surface area contributed by atoms with Crippen LogP contribution in [0.5, 0.6) is 0 Å². The number of carbonyl (C=O) groups is 1. The van der Waals surface area contributed by atoms with Gasteiger partial charge in [-0.3, -0.25) is 14.7 Å². The van der Waals surface area contributed by atoms with Crippen LogP contribution in [0.1, 0.15) is 15.9 Å². The van der Waals surface area contributed by atoms with Gasteiger partial charge in [-0.05, 0) is 29.7 Å². The van der Waals surface area contributed by atoms with Crippen molar-refractivity contribution in [3.63, 3.8) is 0 Å². The Balaban J connectivity index is 2.08. The molecule has 2 aromatic heterocycles. The second kappa shape index (κ2) is 6.03. The van der Waals surface area contributed by atoms with E-state index in [2.05, 4.69) is 9.36 Å². The van der Waals surface area contributed by atoms with Crippen molar-refractivity contribution in [2.75, 3.05) is 11.9 Å². The molecule has 2 heterocycles. The number of nitrogens with zero attached hydrogens (tertiary/aromatic N) is 3. The second-order valence-corrected chi connectivity index (χ2v) is 6.11. The van der Waals surface area contributed by atoms with Crippen molar-refractivity contribution in [1.82, 2.24) is 9.36 Å². The van der Waals surface area contributed by atoms with E-state index in [4.69, 9.17) is 11.6 Å². The second-order valence-electron chi connectivity index (χ2n) is 4.90. The van der Waals surface area contributed by atoms with Crippen LogP contribution in [0.3, 0.4) is 0 Å². The average Bonchev–Trinajstić information content (AvgIpc) is 2.98. The van der Waals surface area contributed by atoms with Crippen LogP contribution < -0.4 is 4.90 Å². The van der Waals surface area contributed by atoms with E-state index in [1.54, 1.807) is 18.2 Å². The highest BCUT2D eigenvalue weighted by Crippen LogP contribution is 2.36. The zero-order valence-electron chi connectivity index (χ0n) is 12.1. The zero-order valence-corrected chi connectivity index (χ0v) is 13.7. The molecule has 4 nitrogen and oxygen atoms in total. The number of alkyl halides is 3. The van der Waals surface area contributed by atoms with Gasteiger partial charge in [-0.15, -0.1) is 0 Å². The number of benzene rings is 1. The van der Waals surface area contributed by atoms with Crippen molar-refractivity contribution in [2.24, 2.45) is 0 Å². The van der Waals surface area contributed by atoms with E-state index in [1.807, 2.05) is 0 Å². The van der Waals surface area contributed by atoms with Gasteiger partial charge in [-0.2, -0.15) is 17.5 Å². The van der Waals surface area contributed by atoms with Gasteiger partial charge in [0.1, 0.15) is 0 Å². The first kappa shape index (κ1) is 16.7. The van der Waals surface area contributed by atoms with E-state index in [-0.39, 0.29) is 5.82 Å². The molecule has 9 heteroatoms. The van der Waals surface area contributed by atoms with E-state index in [0.29, 0.717) is 10.4 Å². The topological polar surface area (TPSA) is 46.1 Å². The van der Waals surface area contributed by atoms with Crippen molar-refractivity contribution in [3.05, 3.63) is 52.8 Å². The number of halogens is 4. The zero-order chi connectivity index (χ0) is 17.5. The number of carbonyl (C=O) groups excluding carboxylic acids is 1. The Morgan fingerprint density at radius 1 is 1.29 bits per heavy atom. The van der Waals surface area contributed by atoms with Gasteiger partial charge >= 0.3 is 6.18 Å². The summed E-state index contributed by atoms with van der Waals surface area (Å²) in [5.41, 5.74) is -1.58. The van der Waals surface area contributed by atoms with Crippen LogP contribution >= 0.6 is 23.1 Å². The minimum absolute atomic E-state index is 0.211. The lowest BCUT2D eigenvalue weighted by Gasteiger charge is -2.18. The van der Waals surface area contributed by atoms with Gasteiger partial charge in [0.25, 0.3) is 5.91 Å². The lowest BCUT2D eigenvalue weighted by Crippen LogP contribution is -2.29. The standard InChI is InChI=1S/C15H9ClF3N3OS/c1-22(13-12-10(16)3-2-4-11(12)24-21-13)14(23)8-7-20-6-5-9(8)15(17,18)19/h2-7H,1H3. The molecular weight excluding hydrogens is 363 g/mol. The molecule has 0 fully saturated rings. The lowest BCUT2D eigenvalue weighted by molar-refractivity contribution is -0.138. The van der Waals surface area contributed by atoms with Crippen LogP contribution in [0.25, 0.3) is 10.1 Å². The van der Waals surface area contributed by atoms with Crippen LogP contribution in [0.2, 0.25) is 5.02 Å². The quantitative estimate of drug-likeness (QED) is 0.659. The highest BCUT2D eigenvalue weighted by molar-refractivity contribution is 7.13. The van der Waals surface area contributed by atoms with Gasteiger partial charge in [0.15, 0.2) is 5.82 Å². The molecule has 3 rings (SSSR count). The van der Waals surface area contributed by atoms with Crippen molar-refractivity contribution >= 4 is 44.9 Å². The summed E-state index contributed by atoms with van der Waals surface area (Å²) < 4.78 is 44.2. The first-order valence-electron chi connectivity index (χ1n) is 6.64. The molecular formula is C15H9ClF3N3OS. The third-order valence-electron chi connectivity index (χ3n) is 3.41. The highest BCUT2D eigenvalue weighted by Gasteiger charge is 2.36. The lowest BCUT2D eigenvalue weighted by atomic mass is 10.1. The molecule has 0 radical (unpaired) electrons. The van der Waals surface area contributed by atoms with Crippen molar-refractivity contribution < 1.29 is 18.0 Å². The first-order valence-corrected chi connectivity index (χ1v) is 7.79. The fraction of sp³-hybridized carbons (Fsp3) is 0.133. The Morgan fingerprint density at radius 3 is 2.75 bits per heavy atom. The molecule has 0 aliphatic carbocycles. The van der Waals surface area contributed by atoms with Crippen LogP contribution in [0.15, 0.2) is 36.7 Å². The molecule has 0 spiro atoms. The van der Waals surface area contributed by atoms with E-state index < -0.39 is 23.2 Å². The highest BCUT2D eigenvalue weighted by atomic mass is 35.5. The van der Waals surface area contributed by atoms with Crippen LogP contribution in [0.4, 0.5) is 19.0 Å². The Labute approximate surface area is 143 Å². The molecule has 0 N–H and O–H groups in total. The van der Waals surface area contributed by atoms with Gasteiger partial charge in [-0.25, -0.2) is 0 Å². The molecule has 0 saturated carbocycles. The Morgan fingerprint density at radius 2 is 2.04 bits per heavy atom. The molecule has 0 aliphatic rings. The summed E-state index contributed by atoms with van der Waals surface area (Å²) in [5.74, 6) is -0.648. The summed E-state index contributed by atoms with van der Waals surface area (Å²) in [4.78, 5) is 17.3. The Kier molecular flexibility index (Phi) is 4.18. The Bertz CT molecular complexity index is 926. The molecule has 124 valence electrons. The first-order chi connectivity index (χ1) is 11.3. The van der Waals surface area contributed by atoms with E-state index in [9.17, 15) is 18.0 Å². The maximum atomic E-state index is 13.1. The number of hydrogen-bond donors (Lipinski definition) is 0. The summed E-state index contributed by atoms with van der Waals surface area (Å²) in [5, 5.41) is 0.899. The number of fused-ring (bicyclic) bond motifs is 1. The molecule has 0 aliphatic heterocycles. The smallest absolute Gasteiger partial charge is 0.294 e.